The summed E-state index contributed by atoms with van der Waals surface area (Å²) in [5.41, 5.74) is 1.01. The number of hydrogen-bond acceptors (Lipinski definition) is 3. The molecule has 1 amide bonds. The van der Waals surface area contributed by atoms with Crippen molar-refractivity contribution in [2.45, 2.75) is 75.1 Å². The van der Waals surface area contributed by atoms with Gasteiger partial charge >= 0.3 is 0 Å². The van der Waals surface area contributed by atoms with Crippen LogP contribution in [0.2, 0.25) is 0 Å². The van der Waals surface area contributed by atoms with Gasteiger partial charge in [-0.05, 0) is 49.8 Å². The van der Waals surface area contributed by atoms with E-state index >= 15 is 0 Å². The van der Waals surface area contributed by atoms with E-state index in [1.165, 1.54) is 25.7 Å². The number of carbonyl (C=O) groups excluding carboxylic acids is 1. The van der Waals surface area contributed by atoms with E-state index in [-0.39, 0.29) is 5.91 Å². The van der Waals surface area contributed by atoms with Crippen molar-refractivity contribution in [2.75, 3.05) is 20.1 Å². The minimum absolute atomic E-state index is 0.190. The molecule has 1 aromatic carbocycles. The van der Waals surface area contributed by atoms with Crippen LogP contribution in [0, 0.1) is 0 Å². The van der Waals surface area contributed by atoms with Gasteiger partial charge < -0.3 is 4.90 Å². The number of carbonyl (C=O) groups is 1. The molecule has 150 valence electrons. The highest BCUT2D eigenvalue weighted by atomic mass is 32.2. The number of rotatable bonds is 6. The van der Waals surface area contributed by atoms with Gasteiger partial charge in [-0.1, -0.05) is 37.8 Å². The molecule has 0 atom stereocenters. The van der Waals surface area contributed by atoms with Crippen molar-refractivity contribution in [1.82, 2.24) is 9.21 Å². The Kier molecular flexibility index (Phi) is 6.93. The van der Waals surface area contributed by atoms with Crippen molar-refractivity contribution < 1.29 is 13.2 Å². The van der Waals surface area contributed by atoms with E-state index in [1.807, 2.05) is 24.1 Å². The molecule has 5 nitrogen and oxygen atoms in total. The first-order valence-corrected chi connectivity index (χ1v) is 11.8. The van der Waals surface area contributed by atoms with E-state index in [2.05, 4.69) is 0 Å². The summed E-state index contributed by atoms with van der Waals surface area (Å²) in [5.74, 6) is 0.190. The van der Waals surface area contributed by atoms with Gasteiger partial charge in [-0.2, -0.15) is 4.31 Å². The maximum atomic E-state index is 12.6. The van der Waals surface area contributed by atoms with Gasteiger partial charge in [0.15, 0.2) is 0 Å². The average Bonchev–Trinajstić information content (AvgIpc) is 3.10. The van der Waals surface area contributed by atoms with Gasteiger partial charge in [0.2, 0.25) is 15.9 Å². The number of nitrogens with zero attached hydrogens (tertiary/aromatic N) is 2. The van der Waals surface area contributed by atoms with E-state index in [0.717, 1.165) is 31.2 Å². The maximum absolute atomic E-state index is 12.6. The Morgan fingerprint density at radius 3 is 2.19 bits per heavy atom. The van der Waals surface area contributed by atoms with Gasteiger partial charge in [-0.3, -0.25) is 4.79 Å². The molecule has 0 N–H and O–H groups in total. The lowest BCUT2D eigenvalue weighted by Crippen LogP contribution is -2.36. The first kappa shape index (κ1) is 20.3. The summed E-state index contributed by atoms with van der Waals surface area (Å²) < 4.78 is 26.7. The molecule has 1 aromatic rings. The van der Waals surface area contributed by atoms with Gasteiger partial charge in [-0.25, -0.2) is 8.42 Å². The monoisotopic (exact) mass is 392 g/mol. The molecule has 0 radical (unpaired) electrons. The van der Waals surface area contributed by atoms with Crippen LogP contribution in [0.3, 0.4) is 0 Å². The van der Waals surface area contributed by atoms with Gasteiger partial charge in [0.25, 0.3) is 0 Å². The van der Waals surface area contributed by atoms with Crippen molar-refractivity contribution in [3.05, 3.63) is 29.8 Å². The summed E-state index contributed by atoms with van der Waals surface area (Å²) in [4.78, 5) is 14.8. The van der Waals surface area contributed by atoms with Crippen molar-refractivity contribution in [3.63, 3.8) is 0 Å². The number of hydrogen-bond donors (Lipinski definition) is 0. The molecule has 3 rings (SSSR count). The Morgan fingerprint density at radius 2 is 1.59 bits per heavy atom. The van der Waals surface area contributed by atoms with Gasteiger partial charge in [0.05, 0.1) is 4.90 Å². The molecular weight excluding hydrogens is 360 g/mol. The molecule has 1 aliphatic heterocycles. The molecule has 1 saturated heterocycles. The molecule has 2 fully saturated rings. The van der Waals surface area contributed by atoms with Gasteiger partial charge in [0.1, 0.15) is 0 Å². The van der Waals surface area contributed by atoms with Crippen LogP contribution < -0.4 is 0 Å². The number of aryl methyl sites for hydroxylation is 1. The Bertz CT molecular complexity index is 716. The Labute approximate surface area is 163 Å². The smallest absolute Gasteiger partial charge is 0.243 e. The van der Waals surface area contributed by atoms with Crippen LogP contribution in [0.5, 0.6) is 0 Å². The Hall–Kier alpha value is -1.40. The molecule has 2 aliphatic rings. The highest BCUT2D eigenvalue weighted by Crippen LogP contribution is 2.23. The van der Waals surface area contributed by atoms with Crippen LogP contribution in [0.4, 0.5) is 0 Å². The summed E-state index contributed by atoms with van der Waals surface area (Å²) >= 11 is 0. The number of sulfonamides is 1. The third kappa shape index (κ3) is 5.11. The zero-order valence-electron chi connectivity index (χ0n) is 16.4. The summed E-state index contributed by atoms with van der Waals surface area (Å²) in [6, 6.07) is 7.45. The number of benzene rings is 1. The topological polar surface area (TPSA) is 57.7 Å². The normalized spacial score (nSPS) is 19.7. The average molecular weight is 393 g/mol. The minimum Gasteiger partial charge on any atom is -0.343 e. The van der Waals surface area contributed by atoms with E-state index in [1.54, 1.807) is 16.4 Å². The predicted molar refractivity (Wildman–Crippen MR) is 107 cm³/mol. The lowest BCUT2D eigenvalue weighted by atomic mass is 10.1. The molecule has 0 spiro atoms. The largest absolute Gasteiger partial charge is 0.343 e. The van der Waals surface area contributed by atoms with Gasteiger partial charge in [-0.15, -0.1) is 0 Å². The van der Waals surface area contributed by atoms with Crippen molar-refractivity contribution in [3.8, 4) is 0 Å². The second kappa shape index (κ2) is 9.20. The second-order valence-electron chi connectivity index (χ2n) is 7.91. The molecular formula is C21H32N2O3S. The molecule has 1 aliphatic carbocycles. The van der Waals surface area contributed by atoms with Crippen LogP contribution in [-0.4, -0.2) is 49.7 Å². The zero-order chi connectivity index (χ0) is 19.3. The van der Waals surface area contributed by atoms with Crippen molar-refractivity contribution >= 4 is 15.9 Å². The summed E-state index contributed by atoms with van der Waals surface area (Å²) in [6.07, 6.45) is 10.2. The van der Waals surface area contributed by atoms with Crippen molar-refractivity contribution in [1.29, 1.82) is 0 Å². The molecule has 27 heavy (non-hydrogen) atoms. The van der Waals surface area contributed by atoms with Crippen LogP contribution in [0.25, 0.3) is 0 Å². The maximum Gasteiger partial charge on any atom is 0.243 e. The standard InChI is InChI=1S/C21H32N2O3S/c1-22(19-8-4-2-3-5-9-19)21(24)15-12-18-10-13-20(14-11-18)27(25,26)23-16-6-7-17-23/h10-11,13-14,19H,2-9,12,15-17H2,1H3. The molecule has 1 heterocycles. The zero-order valence-corrected chi connectivity index (χ0v) is 17.2. The van der Waals surface area contributed by atoms with Crippen LogP contribution >= 0.6 is 0 Å². The number of amides is 1. The fourth-order valence-electron chi connectivity index (χ4n) is 4.18. The molecule has 0 bridgehead atoms. The van der Waals surface area contributed by atoms with E-state index in [0.29, 0.717) is 36.9 Å². The fourth-order valence-corrected chi connectivity index (χ4v) is 5.70. The van der Waals surface area contributed by atoms with E-state index in [9.17, 15) is 13.2 Å². The molecule has 6 heteroatoms. The van der Waals surface area contributed by atoms with Gasteiger partial charge in [0, 0.05) is 32.6 Å². The molecule has 0 aromatic heterocycles. The first-order valence-electron chi connectivity index (χ1n) is 10.3. The lowest BCUT2D eigenvalue weighted by molar-refractivity contribution is -0.132. The van der Waals surface area contributed by atoms with Crippen LogP contribution in [-0.2, 0) is 21.2 Å². The Morgan fingerprint density at radius 1 is 1.00 bits per heavy atom. The summed E-state index contributed by atoms with van der Waals surface area (Å²) in [6.45, 7) is 1.23. The Balaban J connectivity index is 1.54. The summed E-state index contributed by atoms with van der Waals surface area (Å²) in [7, 11) is -1.43. The second-order valence-corrected chi connectivity index (χ2v) is 9.84. The predicted octanol–water partition coefficient (Wildman–Crippen LogP) is 3.58. The molecule has 0 unspecified atom stereocenters. The third-order valence-corrected chi connectivity index (χ3v) is 7.93. The van der Waals surface area contributed by atoms with Crippen LogP contribution in [0.1, 0.15) is 63.4 Å². The summed E-state index contributed by atoms with van der Waals surface area (Å²) in [5, 5.41) is 0. The van der Waals surface area contributed by atoms with E-state index in [4.69, 9.17) is 0 Å². The first-order chi connectivity index (χ1) is 13.0. The lowest BCUT2D eigenvalue weighted by Gasteiger charge is -2.27. The fraction of sp³-hybridized carbons (Fsp3) is 0.667. The quantitative estimate of drug-likeness (QED) is 0.695. The van der Waals surface area contributed by atoms with Crippen molar-refractivity contribution in [2.24, 2.45) is 0 Å². The highest BCUT2D eigenvalue weighted by Gasteiger charge is 2.27. The highest BCUT2D eigenvalue weighted by molar-refractivity contribution is 7.89. The minimum atomic E-state index is -3.36. The third-order valence-electron chi connectivity index (χ3n) is 6.02. The van der Waals surface area contributed by atoms with E-state index < -0.39 is 10.0 Å². The van der Waals surface area contributed by atoms with Crippen LogP contribution in [0.15, 0.2) is 29.2 Å². The molecule has 1 saturated carbocycles. The SMILES string of the molecule is CN(C(=O)CCc1ccc(S(=O)(=O)N2CCCC2)cc1)C1CCCCCC1.